The first-order valence-corrected chi connectivity index (χ1v) is 8.59. The molecule has 0 spiro atoms. The lowest BCUT2D eigenvalue weighted by Gasteiger charge is -2.09. The highest BCUT2D eigenvalue weighted by atomic mass is 16.5. The van der Waals surface area contributed by atoms with Crippen LogP contribution in [0.3, 0.4) is 0 Å². The van der Waals surface area contributed by atoms with Crippen LogP contribution in [-0.4, -0.2) is 25.7 Å². The molecule has 0 heterocycles. The van der Waals surface area contributed by atoms with E-state index in [0.29, 0.717) is 24.7 Å². The maximum atomic E-state index is 12.0. The van der Waals surface area contributed by atoms with Gasteiger partial charge in [0, 0.05) is 5.69 Å². The zero-order valence-corrected chi connectivity index (χ0v) is 14.8. The second-order valence-corrected chi connectivity index (χ2v) is 5.47. The largest absolute Gasteiger partial charge is 0.494 e. The molecule has 134 valence electrons. The van der Waals surface area contributed by atoms with Crippen LogP contribution in [0, 0.1) is 0 Å². The molecule has 0 aliphatic rings. The molecule has 0 aliphatic heterocycles. The third kappa shape index (κ3) is 6.75. The molecule has 0 fully saturated rings. The Bertz CT molecular complexity index is 638. The van der Waals surface area contributed by atoms with E-state index >= 15 is 0 Å². The maximum Gasteiger partial charge on any atom is 0.262 e. The van der Waals surface area contributed by atoms with Gasteiger partial charge in [-0.05, 0) is 61.9 Å². The van der Waals surface area contributed by atoms with Gasteiger partial charge in [-0.2, -0.15) is 0 Å². The molecular formula is C20H25NO4. The van der Waals surface area contributed by atoms with Crippen molar-refractivity contribution in [3.63, 3.8) is 0 Å². The zero-order chi connectivity index (χ0) is 17.9. The van der Waals surface area contributed by atoms with Crippen molar-refractivity contribution >= 4 is 11.6 Å². The minimum atomic E-state index is -0.214. The number of anilines is 1. The Morgan fingerprint density at radius 3 is 2.00 bits per heavy atom. The van der Waals surface area contributed by atoms with Gasteiger partial charge >= 0.3 is 0 Å². The first-order chi connectivity index (χ1) is 12.2. The molecule has 0 aromatic heterocycles. The Labute approximate surface area is 148 Å². The molecular weight excluding hydrogens is 318 g/mol. The monoisotopic (exact) mass is 343 g/mol. The summed E-state index contributed by atoms with van der Waals surface area (Å²) in [5, 5.41) is 2.79. The number of rotatable bonds is 10. The predicted molar refractivity (Wildman–Crippen MR) is 98.6 cm³/mol. The highest BCUT2D eigenvalue weighted by molar-refractivity contribution is 5.91. The second kappa shape index (κ2) is 10.2. The van der Waals surface area contributed by atoms with Crippen LogP contribution in [0.1, 0.15) is 26.7 Å². The van der Waals surface area contributed by atoms with Crippen molar-refractivity contribution < 1.29 is 19.0 Å². The smallest absolute Gasteiger partial charge is 0.262 e. The summed E-state index contributed by atoms with van der Waals surface area (Å²) >= 11 is 0. The van der Waals surface area contributed by atoms with E-state index < -0.39 is 0 Å². The molecule has 5 heteroatoms. The molecule has 2 rings (SSSR count). The number of hydrogen-bond donors (Lipinski definition) is 1. The van der Waals surface area contributed by atoms with Crippen LogP contribution in [0.2, 0.25) is 0 Å². The lowest BCUT2D eigenvalue weighted by atomic mass is 10.3. The number of ether oxygens (including phenoxy) is 3. The van der Waals surface area contributed by atoms with Gasteiger partial charge in [0.15, 0.2) is 6.61 Å². The molecule has 0 bridgehead atoms. The predicted octanol–water partition coefficient (Wildman–Crippen LogP) is 4.28. The highest BCUT2D eigenvalue weighted by Gasteiger charge is 2.04. The van der Waals surface area contributed by atoms with Crippen LogP contribution in [0.25, 0.3) is 0 Å². The minimum absolute atomic E-state index is 0.0528. The summed E-state index contributed by atoms with van der Waals surface area (Å²) in [5.41, 5.74) is 0.711. The number of amides is 1. The Kier molecular flexibility index (Phi) is 7.63. The van der Waals surface area contributed by atoms with Gasteiger partial charge in [-0.25, -0.2) is 0 Å². The number of hydrogen-bond acceptors (Lipinski definition) is 4. The molecule has 0 atom stereocenters. The molecule has 0 aliphatic carbocycles. The summed E-state index contributed by atoms with van der Waals surface area (Å²) in [5.74, 6) is 1.99. The molecule has 2 aromatic rings. The third-order valence-electron chi connectivity index (χ3n) is 3.41. The van der Waals surface area contributed by atoms with Gasteiger partial charge in [-0.3, -0.25) is 4.79 Å². The first kappa shape index (κ1) is 18.6. The Balaban J connectivity index is 1.75. The van der Waals surface area contributed by atoms with Crippen LogP contribution in [0.5, 0.6) is 17.2 Å². The number of benzene rings is 2. The lowest BCUT2D eigenvalue weighted by Crippen LogP contribution is -2.20. The van der Waals surface area contributed by atoms with E-state index in [1.54, 1.807) is 12.1 Å². The second-order valence-electron chi connectivity index (χ2n) is 5.47. The average molecular weight is 343 g/mol. The third-order valence-corrected chi connectivity index (χ3v) is 3.41. The van der Waals surface area contributed by atoms with Crippen molar-refractivity contribution in [1.82, 2.24) is 0 Å². The quantitative estimate of drug-likeness (QED) is 0.654. The molecule has 0 radical (unpaired) electrons. The summed E-state index contributed by atoms with van der Waals surface area (Å²) in [6, 6.07) is 14.5. The van der Waals surface area contributed by atoms with Crippen molar-refractivity contribution in [2.24, 2.45) is 0 Å². The van der Waals surface area contributed by atoms with Crippen molar-refractivity contribution in [1.29, 1.82) is 0 Å². The average Bonchev–Trinajstić information content (AvgIpc) is 2.63. The van der Waals surface area contributed by atoms with E-state index in [1.165, 1.54) is 0 Å². The Morgan fingerprint density at radius 2 is 1.40 bits per heavy atom. The van der Waals surface area contributed by atoms with Crippen LogP contribution < -0.4 is 19.5 Å². The molecule has 25 heavy (non-hydrogen) atoms. The Hall–Kier alpha value is -2.69. The van der Waals surface area contributed by atoms with E-state index in [0.717, 1.165) is 24.3 Å². The van der Waals surface area contributed by atoms with Crippen molar-refractivity contribution in [2.45, 2.75) is 26.7 Å². The van der Waals surface area contributed by atoms with Crippen LogP contribution in [0.4, 0.5) is 5.69 Å². The van der Waals surface area contributed by atoms with Gasteiger partial charge in [0.2, 0.25) is 0 Å². The fraction of sp³-hybridized carbons (Fsp3) is 0.350. The fourth-order valence-electron chi connectivity index (χ4n) is 2.11. The van der Waals surface area contributed by atoms with Gasteiger partial charge in [-0.1, -0.05) is 13.3 Å². The van der Waals surface area contributed by atoms with Gasteiger partial charge in [0.1, 0.15) is 17.2 Å². The fourth-order valence-corrected chi connectivity index (χ4v) is 2.11. The zero-order valence-electron chi connectivity index (χ0n) is 14.8. The minimum Gasteiger partial charge on any atom is -0.494 e. The number of carbonyl (C=O) groups excluding carboxylic acids is 1. The van der Waals surface area contributed by atoms with Crippen LogP contribution >= 0.6 is 0 Å². The van der Waals surface area contributed by atoms with Crippen LogP contribution in [0.15, 0.2) is 48.5 Å². The summed E-state index contributed by atoms with van der Waals surface area (Å²) in [7, 11) is 0. The van der Waals surface area contributed by atoms with Gasteiger partial charge in [-0.15, -0.1) is 0 Å². The number of nitrogens with one attached hydrogen (secondary N) is 1. The Morgan fingerprint density at radius 1 is 0.840 bits per heavy atom. The SMILES string of the molecule is CCCCOc1ccc(NC(=O)COc2ccc(OCC)cc2)cc1. The van der Waals surface area contributed by atoms with Gasteiger partial charge in [0.05, 0.1) is 13.2 Å². The first-order valence-electron chi connectivity index (χ1n) is 8.59. The molecule has 2 aromatic carbocycles. The molecule has 1 amide bonds. The van der Waals surface area contributed by atoms with E-state index in [-0.39, 0.29) is 12.5 Å². The van der Waals surface area contributed by atoms with Crippen molar-refractivity contribution in [2.75, 3.05) is 25.1 Å². The molecule has 1 N–H and O–H groups in total. The van der Waals surface area contributed by atoms with E-state index in [1.807, 2.05) is 43.3 Å². The number of carbonyl (C=O) groups is 1. The maximum absolute atomic E-state index is 12.0. The number of unbranched alkanes of at least 4 members (excludes halogenated alkanes) is 1. The van der Waals surface area contributed by atoms with E-state index in [4.69, 9.17) is 14.2 Å². The lowest BCUT2D eigenvalue weighted by molar-refractivity contribution is -0.118. The standard InChI is InChI=1S/C20H25NO4/c1-3-5-14-24-18-8-6-16(7-9-18)21-20(22)15-25-19-12-10-17(11-13-19)23-4-2/h6-13H,3-5,14-15H2,1-2H3,(H,21,22). The summed E-state index contributed by atoms with van der Waals surface area (Å²) in [6.45, 7) is 5.32. The van der Waals surface area contributed by atoms with Crippen molar-refractivity contribution in [3.05, 3.63) is 48.5 Å². The summed E-state index contributed by atoms with van der Waals surface area (Å²) in [4.78, 5) is 12.0. The molecule has 5 nitrogen and oxygen atoms in total. The highest BCUT2D eigenvalue weighted by Crippen LogP contribution is 2.18. The topological polar surface area (TPSA) is 56.8 Å². The molecule has 0 unspecified atom stereocenters. The summed E-state index contributed by atoms with van der Waals surface area (Å²) < 4.78 is 16.4. The molecule has 0 saturated heterocycles. The van der Waals surface area contributed by atoms with Crippen molar-refractivity contribution in [3.8, 4) is 17.2 Å². The normalized spacial score (nSPS) is 10.2. The van der Waals surface area contributed by atoms with E-state index in [2.05, 4.69) is 12.2 Å². The van der Waals surface area contributed by atoms with E-state index in [9.17, 15) is 4.79 Å². The summed E-state index contributed by atoms with van der Waals surface area (Å²) in [6.07, 6.45) is 2.13. The van der Waals surface area contributed by atoms with Gasteiger partial charge < -0.3 is 19.5 Å². The van der Waals surface area contributed by atoms with Gasteiger partial charge in [0.25, 0.3) is 5.91 Å². The molecule has 0 saturated carbocycles. The van der Waals surface area contributed by atoms with Crippen LogP contribution in [-0.2, 0) is 4.79 Å².